The summed E-state index contributed by atoms with van der Waals surface area (Å²) in [6, 6.07) is 4.65. The van der Waals surface area contributed by atoms with Crippen molar-refractivity contribution in [3.63, 3.8) is 0 Å². The van der Waals surface area contributed by atoms with Crippen LogP contribution in [0.1, 0.15) is 19.4 Å². The lowest BCUT2D eigenvalue weighted by atomic mass is 10.0. The Morgan fingerprint density at radius 3 is 2.53 bits per heavy atom. The largest absolute Gasteiger partial charge is 0.371 e. The zero-order chi connectivity index (χ0) is 13.2. The van der Waals surface area contributed by atoms with Gasteiger partial charge < -0.3 is 11.1 Å². The van der Waals surface area contributed by atoms with Crippen molar-refractivity contribution < 1.29 is 9.72 Å². The van der Waals surface area contributed by atoms with E-state index in [1.807, 2.05) is 0 Å². The minimum atomic E-state index is -0.958. The monoisotopic (exact) mass is 237 g/mol. The summed E-state index contributed by atoms with van der Waals surface area (Å²) in [6.07, 6.45) is 0. The molecule has 1 amide bonds. The summed E-state index contributed by atoms with van der Waals surface area (Å²) in [5.74, 6) is -0.525. The number of nitro groups is 1. The van der Waals surface area contributed by atoms with E-state index >= 15 is 0 Å². The molecule has 0 aromatic heterocycles. The maximum Gasteiger partial charge on any atom is 0.274 e. The lowest BCUT2D eigenvalue weighted by Gasteiger charge is -2.24. The molecule has 0 aliphatic heterocycles. The van der Waals surface area contributed by atoms with Crippen LogP contribution in [0.4, 0.5) is 11.4 Å². The van der Waals surface area contributed by atoms with E-state index in [1.165, 1.54) is 6.07 Å². The molecule has 1 aromatic rings. The summed E-state index contributed by atoms with van der Waals surface area (Å²) in [5.41, 5.74) is 5.29. The highest BCUT2D eigenvalue weighted by atomic mass is 16.6. The second-order valence-electron chi connectivity index (χ2n) is 4.32. The van der Waals surface area contributed by atoms with E-state index in [-0.39, 0.29) is 5.69 Å². The summed E-state index contributed by atoms with van der Waals surface area (Å²) in [7, 11) is 0. The molecule has 6 nitrogen and oxygen atoms in total. The third-order valence-electron chi connectivity index (χ3n) is 2.57. The predicted molar refractivity (Wildman–Crippen MR) is 64.7 cm³/mol. The van der Waals surface area contributed by atoms with Crippen molar-refractivity contribution in [2.24, 2.45) is 5.73 Å². The normalized spacial score (nSPS) is 11.0. The Morgan fingerprint density at radius 2 is 2.06 bits per heavy atom. The van der Waals surface area contributed by atoms with Gasteiger partial charge in [0.05, 0.1) is 4.92 Å². The average molecular weight is 237 g/mol. The number of nitrogens with one attached hydrogen (secondary N) is 1. The van der Waals surface area contributed by atoms with E-state index < -0.39 is 16.4 Å². The van der Waals surface area contributed by atoms with Crippen molar-refractivity contribution in [1.29, 1.82) is 0 Å². The molecule has 0 atom stereocenters. The number of rotatable bonds is 4. The summed E-state index contributed by atoms with van der Waals surface area (Å²) in [4.78, 5) is 21.5. The first-order valence-corrected chi connectivity index (χ1v) is 5.08. The first-order chi connectivity index (χ1) is 7.75. The smallest absolute Gasteiger partial charge is 0.274 e. The first-order valence-electron chi connectivity index (χ1n) is 5.08. The Kier molecular flexibility index (Phi) is 3.36. The van der Waals surface area contributed by atoms with Crippen molar-refractivity contribution >= 4 is 17.3 Å². The molecule has 0 heterocycles. The lowest BCUT2D eigenvalue weighted by molar-refractivity contribution is -0.385. The molecule has 1 aromatic carbocycles. The minimum absolute atomic E-state index is 0.00951. The molecule has 92 valence electrons. The second-order valence-corrected chi connectivity index (χ2v) is 4.32. The number of nitrogens with zero attached hydrogens (tertiary/aromatic N) is 1. The number of benzene rings is 1. The van der Waals surface area contributed by atoms with Crippen LogP contribution >= 0.6 is 0 Å². The van der Waals surface area contributed by atoms with E-state index in [0.29, 0.717) is 11.3 Å². The topological polar surface area (TPSA) is 98.3 Å². The van der Waals surface area contributed by atoms with Gasteiger partial charge in [-0.2, -0.15) is 0 Å². The highest BCUT2D eigenvalue weighted by molar-refractivity contribution is 5.87. The number of carbonyl (C=O) groups is 1. The molecular formula is C11H15N3O3. The number of nitro benzene ring substituents is 1. The molecule has 17 heavy (non-hydrogen) atoms. The van der Waals surface area contributed by atoms with Crippen molar-refractivity contribution in [2.45, 2.75) is 26.3 Å². The van der Waals surface area contributed by atoms with Gasteiger partial charge in [0.15, 0.2) is 0 Å². The molecule has 0 unspecified atom stereocenters. The quantitative estimate of drug-likeness (QED) is 0.613. The van der Waals surface area contributed by atoms with Gasteiger partial charge >= 0.3 is 0 Å². The Labute approximate surface area is 99.0 Å². The highest BCUT2D eigenvalue weighted by Crippen LogP contribution is 2.27. The van der Waals surface area contributed by atoms with Crippen molar-refractivity contribution in [1.82, 2.24) is 0 Å². The molecule has 0 bridgehead atoms. The van der Waals surface area contributed by atoms with Crippen LogP contribution in [0.2, 0.25) is 0 Å². The van der Waals surface area contributed by atoms with E-state index in [0.717, 1.165) is 0 Å². The SMILES string of the molecule is Cc1c(NC(C)(C)C(N)=O)cccc1[N+](=O)[O-]. The van der Waals surface area contributed by atoms with Gasteiger partial charge in [0.2, 0.25) is 5.91 Å². The molecule has 0 saturated heterocycles. The highest BCUT2D eigenvalue weighted by Gasteiger charge is 2.26. The molecule has 0 aliphatic rings. The first kappa shape index (κ1) is 13.0. The fourth-order valence-corrected chi connectivity index (χ4v) is 1.35. The summed E-state index contributed by atoms with van der Waals surface area (Å²) >= 11 is 0. The Bertz CT molecular complexity index is 469. The van der Waals surface area contributed by atoms with Crippen LogP contribution in [-0.4, -0.2) is 16.4 Å². The Balaban J connectivity index is 3.13. The maximum atomic E-state index is 11.2. The molecule has 3 N–H and O–H groups in total. The van der Waals surface area contributed by atoms with Gasteiger partial charge in [0, 0.05) is 17.3 Å². The van der Waals surface area contributed by atoms with Gasteiger partial charge in [-0.25, -0.2) is 0 Å². The van der Waals surface area contributed by atoms with Crippen molar-refractivity contribution in [3.05, 3.63) is 33.9 Å². The van der Waals surface area contributed by atoms with Gasteiger partial charge in [-0.1, -0.05) is 6.07 Å². The number of hydrogen-bond donors (Lipinski definition) is 2. The number of primary amides is 1. The van der Waals surface area contributed by atoms with Crippen molar-refractivity contribution in [3.8, 4) is 0 Å². The number of amides is 1. The van der Waals surface area contributed by atoms with Gasteiger partial charge in [-0.05, 0) is 26.8 Å². The third-order valence-corrected chi connectivity index (χ3v) is 2.57. The fourth-order valence-electron chi connectivity index (χ4n) is 1.35. The van der Waals surface area contributed by atoms with E-state index in [2.05, 4.69) is 5.32 Å². The molecule has 0 radical (unpaired) electrons. The molecule has 1 rings (SSSR count). The van der Waals surface area contributed by atoms with Gasteiger partial charge in [0.25, 0.3) is 5.69 Å². The Hall–Kier alpha value is -2.11. The summed E-state index contributed by atoms with van der Waals surface area (Å²) < 4.78 is 0. The van der Waals surface area contributed by atoms with E-state index in [4.69, 9.17) is 5.73 Å². The van der Waals surface area contributed by atoms with Crippen LogP contribution in [-0.2, 0) is 4.79 Å². The van der Waals surface area contributed by atoms with E-state index in [1.54, 1.807) is 32.9 Å². The van der Waals surface area contributed by atoms with Crippen LogP contribution in [0.15, 0.2) is 18.2 Å². The lowest BCUT2D eigenvalue weighted by Crippen LogP contribution is -2.45. The van der Waals surface area contributed by atoms with Crippen LogP contribution in [0.3, 0.4) is 0 Å². The zero-order valence-electron chi connectivity index (χ0n) is 9.98. The van der Waals surface area contributed by atoms with Crippen LogP contribution < -0.4 is 11.1 Å². The molecule has 0 fully saturated rings. The number of nitrogens with two attached hydrogens (primary N) is 1. The molecule has 0 spiro atoms. The maximum absolute atomic E-state index is 11.2. The molecular weight excluding hydrogens is 222 g/mol. The minimum Gasteiger partial charge on any atom is -0.371 e. The zero-order valence-corrected chi connectivity index (χ0v) is 9.98. The van der Waals surface area contributed by atoms with Gasteiger partial charge in [-0.3, -0.25) is 14.9 Å². The number of hydrogen-bond acceptors (Lipinski definition) is 4. The number of anilines is 1. The number of carbonyl (C=O) groups excluding carboxylic acids is 1. The standard InChI is InChI=1S/C11H15N3O3/c1-7-8(13-11(2,3)10(12)15)5-4-6-9(7)14(16)17/h4-6,13H,1-3H3,(H2,12,15). The summed E-state index contributed by atoms with van der Waals surface area (Å²) in [6.45, 7) is 4.86. The second kappa shape index (κ2) is 4.40. The van der Waals surface area contributed by atoms with Crippen LogP contribution in [0, 0.1) is 17.0 Å². The summed E-state index contributed by atoms with van der Waals surface area (Å²) in [5, 5.41) is 13.7. The average Bonchev–Trinajstić information content (AvgIpc) is 2.20. The molecule has 0 aliphatic carbocycles. The van der Waals surface area contributed by atoms with E-state index in [9.17, 15) is 14.9 Å². The predicted octanol–water partition coefficient (Wildman–Crippen LogP) is 1.58. The Morgan fingerprint density at radius 1 is 1.47 bits per heavy atom. The fraction of sp³-hybridized carbons (Fsp3) is 0.364. The van der Waals surface area contributed by atoms with Crippen LogP contribution in [0.25, 0.3) is 0 Å². The molecule has 6 heteroatoms. The third kappa shape index (κ3) is 2.72. The van der Waals surface area contributed by atoms with Crippen molar-refractivity contribution in [2.75, 3.05) is 5.32 Å². The van der Waals surface area contributed by atoms with Crippen LogP contribution in [0.5, 0.6) is 0 Å². The van der Waals surface area contributed by atoms with Gasteiger partial charge in [-0.15, -0.1) is 0 Å². The molecule has 0 saturated carbocycles. The van der Waals surface area contributed by atoms with Gasteiger partial charge in [0.1, 0.15) is 5.54 Å².